The molecule has 66 valence electrons. The highest BCUT2D eigenvalue weighted by Gasteiger charge is 2.30. The summed E-state index contributed by atoms with van der Waals surface area (Å²) in [6.45, 7) is 0.353. The Morgan fingerprint density at radius 1 is 1.27 bits per heavy atom. The Hall–Kier alpha value is 0.530. The minimum Gasteiger partial charge on any atom is -0.330 e. The molecule has 0 aliphatic carbocycles. The van der Waals surface area contributed by atoms with Crippen LogP contribution in [0.15, 0.2) is 0 Å². The lowest BCUT2D eigenvalue weighted by molar-refractivity contribution is 0.291. The number of rotatable bonds is 1. The van der Waals surface area contributed by atoms with Crippen LogP contribution in [-0.2, 0) is 16.3 Å². The van der Waals surface area contributed by atoms with Crippen molar-refractivity contribution in [2.75, 3.05) is 34.3 Å². The highest BCUT2D eigenvalue weighted by molar-refractivity contribution is 8.09. The fourth-order valence-corrected chi connectivity index (χ4v) is 3.68. The maximum atomic E-state index is 5.44. The first-order valence-electron chi connectivity index (χ1n) is 3.70. The van der Waals surface area contributed by atoms with Crippen LogP contribution in [0.5, 0.6) is 0 Å². The Morgan fingerprint density at radius 2 is 1.73 bits per heavy atom. The molecule has 11 heavy (non-hydrogen) atoms. The number of hydrogen-bond acceptors (Lipinski definition) is 2. The van der Waals surface area contributed by atoms with Gasteiger partial charge < -0.3 is 4.52 Å². The van der Waals surface area contributed by atoms with E-state index in [1.165, 1.54) is 6.42 Å². The molecule has 0 atom stereocenters. The van der Waals surface area contributed by atoms with Crippen LogP contribution < -0.4 is 0 Å². The van der Waals surface area contributed by atoms with Gasteiger partial charge in [0.05, 0.1) is 0 Å². The van der Waals surface area contributed by atoms with E-state index in [1.54, 1.807) is 7.11 Å². The van der Waals surface area contributed by atoms with E-state index in [-0.39, 0.29) is 0 Å². The molecule has 1 aliphatic heterocycles. The van der Waals surface area contributed by atoms with Gasteiger partial charge in [-0.3, -0.25) is 0 Å². The maximum absolute atomic E-state index is 5.44. The fourth-order valence-electron chi connectivity index (χ4n) is 1.32. The molecule has 0 N–H and O–H groups in total. The summed E-state index contributed by atoms with van der Waals surface area (Å²) in [5.74, 6) is 0. The third kappa shape index (κ3) is 1.65. The second-order valence-electron chi connectivity index (χ2n) is 2.79. The quantitative estimate of drug-likeness (QED) is 0.581. The summed E-state index contributed by atoms with van der Waals surface area (Å²) >= 11 is 5.44. The van der Waals surface area contributed by atoms with Crippen LogP contribution in [0.1, 0.15) is 6.42 Å². The first-order valence-corrected chi connectivity index (χ1v) is 6.33. The highest BCUT2D eigenvalue weighted by atomic mass is 32.5. The van der Waals surface area contributed by atoms with E-state index in [0.717, 1.165) is 13.1 Å². The van der Waals surface area contributed by atoms with Gasteiger partial charge in [-0.1, -0.05) is 0 Å². The van der Waals surface area contributed by atoms with E-state index in [0.29, 0.717) is 0 Å². The molecule has 0 aromatic heterocycles. The molecule has 1 fully saturated rings. The van der Waals surface area contributed by atoms with Crippen LogP contribution >= 0.6 is 6.57 Å². The normalized spacial score (nSPS) is 27.2. The van der Waals surface area contributed by atoms with Crippen molar-refractivity contribution in [1.82, 2.24) is 9.34 Å². The summed E-state index contributed by atoms with van der Waals surface area (Å²) in [6, 6.07) is 0. The molecule has 0 bridgehead atoms. The minimum atomic E-state index is -1.78. The average Bonchev–Trinajstić information content (AvgIpc) is 2.00. The van der Waals surface area contributed by atoms with Crippen molar-refractivity contribution in [2.24, 2.45) is 0 Å². The monoisotopic (exact) mass is 194 g/mol. The Bertz CT molecular complexity index is 173. The van der Waals surface area contributed by atoms with Gasteiger partial charge in [-0.05, 0) is 32.3 Å². The van der Waals surface area contributed by atoms with Gasteiger partial charge >= 0.3 is 0 Å². The predicted octanol–water partition coefficient (Wildman–Crippen LogP) is 1.12. The lowest BCUT2D eigenvalue weighted by Gasteiger charge is -2.41. The van der Waals surface area contributed by atoms with Crippen molar-refractivity contribution in [1.29, 1.82) is 0 Å². The summed E-state index contributed by atoms with van der Waals surface area (Å²) < 4.78 is 9.70. The van der Waals surface area contributed by atoms with E-state index in [4.69, 9.17) is 16.3 Å². The van der Waals surface area contributed by atoms with Crippen LogP contribution in [0.2, 0.25) is 0 Å². The first kappa shape index (κ1) is 9.62. The Labute approximate surface area is 73.5 Å². The van der Waals surface area contributed by atoms with Crippen molar-refractivity contribution >= 4 is 18.4 Å². The molecule has 1 heterocycles. The Kier molecular flexibility index (Phi) is 3.06. The molecule has 0 saturated carbocycles. The van der Waals surface area contributed by atoms with Gasteiger partial charge in [-0.2, -0.15) is 0 Å². The van der Waals surface area contributed by atoms with Crippen molar-refractivity contribution in [3.05, 3.63) is 0 Å². The summed E-state index contributed by atoms with van der Waals surface area (Å²) in [5, 5.41) is 0. The summed E-state index contributed by atoms with van der Waals surface area (Å²) in [6.07, 6.45) is 1.19. The number of hydrogen-bond donors (Lipinski definition) is 0. The van der Waals surface area contributed by atoms with Crippen LogP contribution in [0.3, 0.4) is 0 Å². The molecular formula is C6H15N2OPS. The molecule has 0 aromatic rings. The molecule has 0 radical (unpaired) electrons. The van der Waals surface area contributed by atoms with E-state index < -0.39 is 6.57 Å². The average molecular weight is 194 g/mol. The Morgan fingerprint density at radius 3 is 2.00 bits per heavy atom. The first-order chi connectivity index (χ1) is 5.11. The fraction of sp³-hybridized carbons (Fsp3) is 1.00. The molecule has 0 amide bonds. The third-order valence-electron chi connectivity index (χ3n) is 2.06. The SMILES string of the molecule is COP1(=S)N(C)CCCN1C. The van der Waals surface area contributed by atoms with Crippen molar-refractivity contribution < 1.29 is 4.52 Å². The second-order valence-corrected chi connectivity index (χ2v) is 6.93. The van der Waals surface area contributed by atoms with Gasteiger partial charge in [0, 0.05) is 20.2 Å². The van der Waals surface area contributed by atoms with Crippen LogP contribution in [-0.4, -0.2) is 43.6 Å². The smallest absolute Gasteiger partial charge is 0.202 e. The number of nitrogens with zero attached hydrogens (tertiary/aromatic N) is 2. The zero-order chi connectivity index (χ0) is 8.48. The van der Waals surface area contributed by atoms with Gasteiger partial charge in [0.1, 0.15) is 0 Å². The van der Waals surface area contributed by atoms with Gasteiger partial charge in [0.2, 0.25) is 6.57 Å². The molecule has 5 heteroatoms. The zero-order valence-corrected chi connectivity index (χ0v) is 8.99. The zero-order valence-electron chi connectivity index (χ0n) is 7.28. The summed E-state index contributed by atoms with van der Waals surface area (Å²) in [5.41, 5.74) is 0. The van der Waals surface area contributed by atoms with E-state index in [2.05, 4.69) is 9.34 Å². The summed E-state index contributed by atoms with van der Waals surface area (Å²) in [7, 11) is 5.79. The summed E-state index contributed by atoms with van der Waals surface area (Å²) in [4.78, 5) is 0. The van der Waals surface area contributed by atoms with Crippen LogP contribution in [0.25, 0.3) is 0 Å². The molecule has 0 spiro atoms. The van der Waals surface area contributed by atoms with Gasteiger partial charge in [-0.15, -0.1) is 0 Å². The second kappa shape index (κ2) is 3.50. The maximum Gasteiger partial charge on any atom is 0.202 e. The predicted molar refractivity (Wildman–Crippen MR) is 51.2 cm³/mol. The van der Waals surface area contributed by atoms with Crippen LogP contribution in [0, 0.1) is 0 Å². The van der Waals surface area contributed by atoms with E-state index in [9.17, 15) is 0 Å². The van der Waals surface area contributed by atoms with Gasteiger partial charge in [0.15, 0.2) is 0 Å². The molecule has 0 unspecified atom stereocenters. The van der Waals surface area contributed by atoms with Crippen molar-refractivity contribution in [3.63, 3.8) is 0 Å². The van der Waals surface area contributed by atoms with E-state index >= 15 is 0 Å². The van der Waals surface area contributed by atoms with Crippen molar-refractivity contribution in [2.45, 2.75) is 6.42 Å². The van der Waals surface area contributed by atoms with E-state index in [1.807, 2.05) is 14.1 Å². The van der Waals surface area contributed by atoms with Gasteiger partial charge in [0.25, 0.3) is 0 Å². The molecule has 1 saturated heterocycles. The molecular weight excluding hydrogens is 179 g/mol. The third-order valence-corrected chi connectivity index (χ3v) is 6.79. The largest absolute Gasteiger partial charge is 0.330 e. The molecule has 1 rings (SSSR count). The van der Waals surface area contributed by atoms with Crippen molar-refractivity contribution in [3.8, 4) is 0 Å². The highest BCUT2D eigenvalue weighted by Crippen LogP contribution is 2.53. The van der Waals surface area contributed by atoms with Gasteiger partial charge in [-0.25, -0.2) is 9.34 Å². The van der Waals surface area contributed by atoms with Crippen LogP contribution in [0.4, 0.5) is 0 Å². The lowest BCUT2D eigenvalue weighted by atomic mass is 10.4. The standard InChI is InChI=1S/C6H15N2OPS/c1-7-5-4-6-8(2)10(7,11)9-3/h4-6H2,1-3H3. The molecule has 0 aromatic carbocycles. The molecule has 3 nitrogen and oxygen atoms in total. The topological polar surface area (TPSA) is 15.7 Å². The minimum absolute atomic E-state index is 1.06. The lowest BCUT2D eigenvalue weighted by Crippen LogP contribution is -2.35. The Balaban J connectivity index is 2.78. The molecule has 1 aliphatic rings.